The first kappa shape index (κ1) is 16.6. The number of rotatable bonds is 2. The lowest BCUT2D eigenvalue weighted by Crippen LogP contribution is -2.00. The predicted molar refractivity (Wildman–Crippen MR) is 109 cm³/mol. The molecule has 0 fully saturated rings. The Labute approximate surface area is 161 Å². The second kappa shape index (κ2) is 6.23. The molecule has 0 aliphatic rings. The number of nitrogens with zero attached hydrogens (tertiary/aromatic N) is 4. The zero-order valence-corrected chi connectivity index (χ0v) is 15.5. The van der Waals surface area contributed by atoms with Crippen molar-refractivity contribution in [3.8, 4) is 17.1 Å². The van der Waals surface area contributed by atoms with E-state index in [0.717, 1.165) is 22.2 Å². The molecule has 0 atom stereocenters. The Balaban J connectivity index is 1.87. The van der Waals surface area contributed by atoms with E-state index in [-0.39, 0.29) is 5.82 Å². The van der Waals surface area contributed by atoms with Gasteiger partial charge in [-0.2, -0.15) is 0 Å². The van der Waals surface area contributed by atoms with E-state index in [1.54, 1.807) is 13.0 Å². The molecule has 0 saturated heterocycles. The highest BCUT2D eigenvalue weighted by Crippen LogP contribution is 2.29. The normalized spacial score (nSPS) is 11.4. The van der Waals surface area contributed by atoms with E-state index < -0.39 is 0 Å². The van der Waals surface area contributed by atoms with Crippen LogP contribution in [0.15, 0.2) is 66.7 Å². The maximum Gasteiger partial charge on any atom is 0.199 e. The zero-order valence-electron chi connectivity index (χ0n) is 15.5. The standard InChI is InChI=1S/C23H17FN4/c1-14-7-10-16(11-8-14)22-27-21-23(26-20-6-4-3-5-19(20)25-21)28(22)17-12-9-15(2)18(24)13-17/h3-13H,1-2H3. The van der Waals surface area contributed by atoms with Crippen LogP contribution < -0.4 is 0 Å². The van der Waals surface area contributed by atoms with Gasteiger partial charge in [0.05, 0.1) is 16.7 Å². The molecule has 3 aromatic carbocycles. The van der Waals surface area contributed by atoms with E-state index in [0.29, 0.717) is 28.4 Å². The lowest BCUT2D eigenvalue weighted by molar-refractivity contribution is 0.617. The molecule has 0 bridgehead atoms. The molecule has 0 aliphatic heterocycles. The summed E-state index contributed by atoms with van der Waals surface area (Å²) in [6, 6.07) is 20.9. The third-order valence-electron chi connectivity index (χ3n) is 4.89. The van der Waals surface area contributed by atoms with Gasteiger partial charge >= 0.3 is 0 Å². The summed E-state index contributed by atoms with van der Waals surface area (Å²) in [5.74, 6) is 0.427. The van der Waals surface area contributed by atoms with Crippen LogP contribution in [0, 0.1) is 19.7 Å². The predicted octanol–water partition coefficient (Wildman–Crippen LogP) is 5.39. The summed E-state index contributed by atoms with van der Waals surface area (Å²) < 4.78 is 16.2. The van der Waals surface area contributed by atoms with E-state index in [9.17, 15) is 4.39 Å². The third kappa shape index (κ3) is 2.63. The minimum atomic E-state index is -0.261. The Bertz CT molecular complexity index is 1340. The van der Waals surface area contributed by atoms with Crippen molar-refractivity contribution in [2.45, 2.75) is 13.8 Å². The van der Waals surface area contributed by atoms with Crippen molar-refractivity contribution >= 4 is 22.3 Å². The molecule has 2 heterocycles. The van der Waals surface area contributed by atoms with E-state index in [1.807, 2.05) is 66.1 Å². The summed E-state index contributed by atoms with van der Waals surface area (Å²) >= 11 is 0. The fourth-order valence-corrected chi connectivity index (χ4v) is 3.32. The van der Waals surface area contributed by atoms with E-state index in [4.69, 9.17) is 9.97 Å². The molecule has 0 aliphatic carbocycles. The van der Waals surface area contributed by atoms with Crippen LogP contribution in [0.1, 0.15) is 11.1 Å². The topological polar surface area (TPSA) is 43.6 Å². The SMILES string of the molecule is Cc1ccc(-c2nc3nc4ccccc4nc3n2-c2ccc(C)c(F)c2)cc1. The number of fused-ring (bicyclic) bond motifs is 2. The molecule has 28 heavy (non-hydrogen) atoms. The van der Waals surface area contributed by atoms with Gasteiger partial charge in [-0.1, -0.05) is 48.0 Å². The van der Waals surface area contributed by atoms with Crippen LogP contribution in [-0.2, 0) is 0 Å². The highest BCUT2D eigenvalue weighted by molar-refractivity contribution is 5.86. The van der Waals surface area contributed by atoms with Crippen molar-refractivity contribution in [1.82, 2.24) is 19.5 Å². The highest BCUT2D eigenvalue weighted by atomic mass is 19.1. The van der Waals surface area contributed by atoms with Gasteiger partial charge in [0.25, 0.3) is 0 Å². The summed E-state index contributed by atoms with van der Waals surface area (Å²) in [6.07, 6.45) is 0. The summed E-state index contributed by atoms with van der Waals surface area (Å²) in [7, 11) is 0. The zero-order chi connectivity index (χ0) is 19.3. The lowest BCUT2D eigenvalue weighted by Gasteiger charge is -2.10. The van der Waals surface area contributed by atoms with Gasteiger partial charge in [-0.25, -0.2) is 19.3 Å². The highest BCUT2D eigenvalue weighted by Gasteiger charge is 2.18. The molecule has 0 amide bonds. The minimum Gasteiger partial charge on any atom is -0.275 e. The Morgan fingerprint density at radius 2 is 1.50 bits per heavy atom. The summed E-state index contributed by atoms with van der Waals surface area (Å²) in [5.41, 5.74) is 6.06. The first-order valence-corrected chi connectivity index (χ1v) is 9.09. The van der Waals surface area contributed by atoms with E-state index in [1.165, 1.54) is 6.07 Å². The molecular formula is C23H17FN4. The second-order valence-electron chi connectivity index (χ2n) is 6.93. The van der Waals surface area contributed by atoms with Crippen LogP contribution in [-0.4, -0.2) is 19.5 Å². The average Bonchev–Trinajstić information content (AvgIpc) is 3.07. The number of benzene rings is 3. The van der Waals surface area contributed by atoms with Crippen molar-refractivity contribution in [3.05, 3.63) is 83.7 Å². The molecular weight excluding hydrogens is 351 g/mol. The molecule has 0 radical (unpaired) electrons. The number of hydrogen-bond acceptors (Lipinski definition) is 3. The van der Waals surface area contributed by atoms with Gasteiger partial charge in [-0.3, -0.25) is 4.57 Å². The molecule has 0 saturated carbocycles. The molecule has 0 unspecified atom stereocenters. The van der Waals surface area contributed by atoms with Gasteiger partial charge in [0.15, 0.2) is 11.3 Å². The monoisotopic (exact) mass is 368 g/mol. The smallest absolute Gasteiger partial charge is 0.199 e. The van der Waals surface area contributed by atoms with Crippen LogP contribution in [0.5, 0.6) is 0 Å². The van der Waals surface area contributed by atoms with Crippen LogP contribution in [0.25, 0.3) is 39.4 Å². The molecule has 0 N–H and O–H groups in total. The van der Waals surface area contributed by atoms with E-state index in [2.05, 4.69) is 4.98 Å². The molecule has 5 heteroatoms. The Morgan fingerprint density at radius 1 is 0.786 bits per heavy atom. The number of aryl methyl sites for hydroxylation is 2. The third-order valence-corrected chi connectivity index (χ3v) is 4.89. The first-order chi connectivity index (χ1) is 13.6. The number of para-hydroxylation sites is 2. The van der Waals surface area contributed by atoms with Crippen molar-refractivity contribution in [3.63, 3.8) is 0 Å². The van der Waals surface area contributed by atoms with E-state index >= 15 is 0 Å². The maximum atomic E-state index is 14.3. The molecule has 0 spiro atoms. The molecule has 5 rings (SSSR count). The summed E-state index contributed by atoms with van der Waals surface area (Å²) in [5, 5.41) is 0. The Kier molecular flexibility index (Phi) is 3.69. The number of aromatic nitrogens is 4. The molecule has 136 valence electrons. The summed E-state index contributed by atoms with van der Waals surface area (Å²) in [6.45, 7) is 3.79. The fourth-order valence-electron chi connectivity index (χ4n) is 3.32. The fraction of sp³-hybridized carbons (Fsp3) is 0.0870. The van der Waals surface area contributed by atoms with Gasteiger partial charge in [0, 0.05) is 5.56 Å². The van der Waals surface area contributed by atoms with Crippen LogP contribution in [0.3, 0.4) is 0 Å². The number of imidazole rings is 1. The Hall–Kier alpha value is -3.60. The van der Waals surface area contributed by atoms with Crippen molar-refractivity contribution in [2.24, 2.45) is 0 Å². The van der Waals surface area contributed by atoms with Gasteiger partial charge < -0.3 is 0 Å². The number of halogens is 1. The van der Waals surface area contributed by atoms with Crippen LogP contribution in [0.2, 0.25) is 0 Å². The largest absolute Gasteiger partial charge is 0.275 e. The van der Waals surface area contributed by atoms with Crippen molar-refractivity contribution in [2.75, 3.05) is 0 Å². The van der Waals surface area contributed by atoms with Gasteiger partial charge in [0.1, 0.15) is 11.6 Å². The van der Waals surface area contributed by atoms with Gasteiger partial charge in [-0.15, -0.1) is 0 Å². The summed E-state index contributed by atoms with van der Waals surface area (Å²) in [4.78, 5) is 14.2. The quantitative estimate of drug-likeness (QED) is 0.419. The first-order valence-electron chi connectivity index (χ1n) is 9.09. The van der Waals surface area contributed by atoms with Crippen molar-refractivity contribution in [1.29, 1.82) is 0 Å². The lowest BCUT2D eigenvalue weighted by atomic mass is 10.1. The molecule has 2 aromatic heterocycles. The van der Waals surface area contributed by atoms with Gasteiger partial charge in [0.2, 0.25) is 0 Å². The molecule has 5 aromatic rings. The maximum absolute atomic E-state index is 14.3. The Morgan fingerprint density at radius 3 is 2.21 bits per heavy atom. The second-order valence-corrected chi connectivity index (χ2v) is 6.93. The van der Waals surface area contributed by atoms with Crippen LogP contribution in [0.4, 0.5) is 4.39 Å². The minimum absolute atomic E-state index is 0.261. The van der Waals surface area contributed by atoms with Crippen molar-refractivity contribution < 1.29 is 4.39 Å². The molecule has 4 nitrogen and oxygen atoms in total. The number of hydrogen-bond donors (Lipinski definition) is 0. The average molecular weight is 368 g/mol. The van der Waals surface area contributed by atoms with Gasteiger partial charge in [-0.05, 0) is 43.7 Å². The van der Waals surface area contributed by atoms with Crippen LogP contribution >= 0.6 is 0 Å².